The van der Waals surface area contributed by atoms with E-state index in [1.807, 2.05) is 32.0 Å². The standard InChI is InChI=1S/C22H15Cl2F3N2O3/c1-12-3-5-18(13(2)7-12)28-11-14-8-16(23)21(17(24)9-14)32-20-6-4-15(22(25,26)27)10-19(20)29(30)31/h3-11H,1-2H3. The van der Waals surface area contributed by atoms with E-state index in [0.29, 0.717) is 17.7 Å². The average Bonchev–Trinajstić information content (AvgIpc) is 2.69. The molecule has 3 aromatic carbocycles. The minimum atomic E-state index is -4.74. The molecule has 0 aliphatic heterocycles. The third-order valence-electron chi connectivity index (χ3n) is 4.42. The van der Waals surface area contributed by atoms with E-state index in [-0.39, 0.29) is 15.8 Å². The Hall–Kier alpha value is -3.10. The average molecular weight is 483 g/mol. The summed E-state index contributed by atoms with van der Waals surface area (Å²) >= 11 is 12.5. The first-order valence-electron chi connectivity index (χ1n) is 9.09. The van der Waals surface area contributed by atoms with Gasteiger partial charge in [0.2, 0.25) is 5.75 Å². The zero-order valence-electron chi connectivity index (χ0n) is 16.7. The van der Waals surface area contributed by atoms with Gasteiger partial charge in [-0.2, -0.15) is 13.2 Å². The van der Waals surface area contributed by atoms with Gasteiger partial charge >= 0.3 is 11.9 Å². The number of nitro groups is 1. The smallest absolute Gasteiger partial charge is 0.416 e. The maximum atomic E-state index is 12.9. The molecule has 0 heterocycles. The summed E-state index contributed by atoms with van der Waals surface area (Å²) in [5.41, 5.74) is 1.33. The second kappa shape index (κ2) is 9.18. The van der Waals surface area contributed by atoms with Crippen molar-refractivity contribution in [3.8, 4) is 11.5 Å². The van der Waals surface area contributed by atoms with Crippen LogP contribution in [0.1, 0.15) is 22.3 Å². The van der Waals surface area contributed by atoms with Crippen molar-refractivity contribution in [3.05, 3.63) is 90.9 Å². The van der Waals surface area contributed by atoms with Crippen LogP contribution in [0.25, 0.3) is 0 Å². The molecule has 166 valence electrons. The number of halogens is 5. The number of nitro benzene ring substituents is 1. The topological polar surface area (TPSA) is 64.7 Å². The van der Waals surface area contributed by atoms with Crippen LogP contribution in [0, 0.1) is 24.0 Å². The van der Waals surface area contributed by atoms with E-state index < -0.39 is 28.1 Å². The highest BCUT2D eigenvalue weighted by Gasteiger charge is 2.33. The van der Waals surface area contributed by atoms with Crippen molar-refractivity contribution >= 4 is 40.8 Å². The normalized spacial score (nSPS) is 11.7. The number of hydrogen-bond donors (Lipinski definition) is 0. The molecule has 0 aromatic heterocycles. The van der Waals surface area contributed by atoms with Crippen LogP contribution >= 0.6 is 23.2 Å². The number of hydrogen-bond acceptors (Lipinski definition) is 4. The van der Waals surface area contributed by atoms with Gasteiger partial charge in [-0.3, -0.25) is 15.1 Å². The highest BCUT2D eigenvalue weighted by Crippen LogP contribution is 2.42. The molecule has 0 aliphatic rings. The molecule has 3 aromatic rings. The fourth-order valence-corrected chi connectivity index (χ4v) is 3.46. The third kappa shape index (κ3) is 5.38. The monoisotopic (exact) mass is 482 g/mol. The minimum Gasteiger partial charge on any atom is -0.447 e. The molecule has 0 spiro atoms. The van der Waals surface area contributed by atoms with E-state index in [9.17, 15) is 23.3 Å². The first-order valence-corrected chi connectivity index (χ1v) is 9.85. The molecule has 0 N–H and O–H groups in total. The van der Waals surface area contributed by atoms with Gasteiger partial charge in [0, 0.05) is 12.3 Å². The van der Waals surface area contributed by atoms with Crippen LogP contribution in [-0.2, 0) is 6.18 Å². The Kier molecular flexibility index (Phi) is 6.76. The van der Waals surface area contributed by atoms with E-state index in [0.717, 1.165) is 22.9 Å². The fourth-order valence-electron chi connectivity index (χ4n) is 2.88. The lowest BCUT2D eigenvalue weighted by molar-refractivity contribution is -0.385. The van der Waals surface area contributed by atoms with Crippen molar-refractivity contribution in [1.29, 1.82) is 0 Å². The largest absolute Gasteiger partial charge is 0.447 e. The van der Waals surface area contributed by atoms with Crippen LogP contribution in [0.4, 0.5) is 24.5 Å². The quantitative estimate of drug-likeness (QED) is 0.209. The molecule has 0 saturated carbocycles. The van der Waals surface area contributed by atoms with Gasteiger partial charge in [0.05, 0.1) is 26.2 Å². The van der Waals surface area contributed by atoms with E-state index in [1.54, 1.807) is 6.21 Å². The molecule has 3 rings (SSSR count). The summed E-state index contributed by atoms with van der Waals surface area (Å²) in [7, 11) is 0. The number of rotatable bonds is 5. The van der Waals surface area contributed by atoms with Crippen LogP contribution in [0.5, 0.6) is 11.5 Å². The Morgan fingerprint density at radius 2 is 1.69 bits per heavy atom. The third-order valence-corrected chi connectivity index (χ3v) is 4.98. The number of alkyl halides is 3. The lowest BCUT2D eigenvalue weighted by atomic mass is 10.1. The molecule has 0 atom stereocenters. The molecular weight excluding hydrogens is 468 g/mol. The van der Waals surface area contributed by atoms with E-state index >= 15 is 0 Å². The Bertz CT molecular complexity index is 1200. The van der Waals surface area contributed by atoms with Gasteiger partial charge in [-0.15, -0.1) is 0 Å². The zero-order chi connectivity index (χ0) is 23.6. The number of aliphatic imine (C=N–C) groups is 1. The summed E-state index contributed by atoms with van der Waals surface area (Å²) < 4.78 is 44.1. The SMILES string of the molecule is Cc1ccc(N=Cc2cc(Cl)c(Oc3ccc(C(F)(F)F)cc3[N+](=O)[O-])c(Cl)c2)c(C)c1. The Balaban J connectivity index is 1.92. The highest BCUT2D eigenvalue weighted by molar-refractivity contribution is 6.37. The molecule has 0 radical (unpaired) electrons. The fraction of sp³-hybridized carbons (Fsp3) is 0.136. The minimum absolute atomic E-state index is 0.00812. The molecule has 32 heavy (non-hydrogen) atoms. The summed E-state index contributed by atoms with van der Waals surface area (Å²) in [6.45, 7) is 3.90. The second-order valence-corrected chi connectivity index (χ2v) is 7.72. The number of benzene rings is 3. The summed E-state index contributed by atoms with van der Waals surface area (Å²) in [5, 5.41) is 11.3. The molecular formula is C22H15Cl2F3N2O3. The Labute approximate surface area is 191 Å². The molecule has 10 heteroatoms. The zero-order valence-corrected chi connectivity index (χ0v) is 18.2. The lowest BCUT2D eigenvalue weighted by Crippen LogP contribution is -2.06. The predicted octanol–water partition coefficient (Wildman–Crippen LogP) is 8.08. The van der Waals surface area contributed by atoms with Crippen LogP contribution < -0.4 is 4.74 Å². The van der Waals surface area contributed by atoms with Gasteiger partial charge in [0.25, 0.3) is 0 Å². The Morgan fingerprint density at radius 3 is 2.25 bits per heavy atom. The maximum absolute atomic E-state index is 12.9. The van der Waals surface area contributed by atoms with Gasteiger partial charge in [-0.25, -0.2) is 0 Å². The van der Waals surface area contributed by atoms with Crippen molar-refractivity contribution in [3.63, 3.8) is 0 Å². The molecule has 0 fully saturated rings. The number of nitrogens with zero attached hydrogens (tertiary/aromatic N) is 2. The summed E-state index contributed by atoms with van der Waals surface area (Å²) in [5.74, 6) is -0.552. The maximum Gasteiger partial charge on any atom is 0.416 e. The molecule has 0 saturated heterocycles. The molecule has 0 aliphatic carbocycles. The van der Waals surface area contributed by atoms with Crippen molar-refractivity contribution in [2.75, 3.05) is 0 Å². The summed E-state index contributed by atoms with van der Waals surface area (Å²) in [4.78, 5) is 14.7. The van der Waals surface area contributed by atoms with Crippen molar-refractivity contribution in [1.82, 2.24) is 0 Å². The van der Waals surface area contributed by atoms with Crippen LogP contribution in [0.2, 0.25) is 10.0 Å². The van der Waals surface area contributed by atoms with Crippen LogP contribution in [0.3, 0.4) is 0 Å². The van der Waals surface area contributed by atoms with Gasteiger partial charge in [-0.1, -0.05) is 40.9 Å². The highest BCUT2D eigenvalue weighted by atomic mass is 35.5. The van der Waals surface area contributed by atoms with Crippen LogP contribution in [0.15, 0.2) is 53.5 Å². The Morgan fingerprint density at radius 1 is 1.03 bits per heavy atom. The molecule has 5 nitrogen and oxygen atoms in total. The predicted molar refractivity (Wildman–Crippen MR) is 118 cm³/mol. The van der Waals surface area contributed by atoms with Gasteiger partial charge in [-0.05, 0) is 55.3 Å². The van der Waals surface area contributed by atoms with Crippen LogP contribution in [-0.4, -0.2) is 11.1 Å². The second-order valence-electron chi connectivity index (χ2n) is 6.90. The summed E-state index contributed by atoms with van der Waals surface area (Å²) in [6, 6.07) is 10.7. The molecule has 0 bridgehead atoms. The lowest BCUT2D eigenvalue weighted by Gasteiger charge is -2.12. The van der Waals surface area contributed by atoms with E-state index in [2.05, 4.69) is 4.99 Å². The van der Waals surface area contributed by atoms with Crippen molar-refractivity contribution < 1.29 is 22.8 Å². The van der Waals surface area contributed by atoms with Gasteiger partial charge in [0.15, 0.2) is 5.75 Å². The summed E-state index contributed by atoms with van der Waals surface area (Å²) in [6.07, 6.45) is -3.20. The first-order chi connectivity index (χ1) is 15.0. The van der Waals surface area contributed by atoms with Crippen molar-refractivity contribution in [2.45, 2.75) is 20.0 Å². The van der Waals surface area contributed by atoms with E-state index in [4.69, 9.17) is 27.9 Å². The number of ether oxygens (including phenoxy) is 1. The molecule has 0 unspecified atom stereocenters. The van der Waals surface area contributed by atoms with Crippen molar-refractivity contribution in [2.24, 2.45) is 4.99 Å². The van der Waals surface area contributed by atoms with Gasteiger partial charge < -0.3 is 4.74 Å². The van der Waals surface area contributed by atoms with E-state index in [1.165, 1.54) is 12.1 Å². The first kappa shape index (κ1) is 23.6. The molecule has 0 amide bonds. The number of aryl methyl sites for hydroxylation is 2. The van der Waals surface area contributed by atoms with Gasteiger partial charge in [0.1, 0.15) is 0 Å².